The molecule has 1 unspecified atom stereocenters. The van der Waals surface area contributed by atoms with Crippen molar-refractivity contribution < 1.29 is 47.3 Å². The molecular formula is C43H41N5O10. The number of pyridine rings is 1. The Labute approximate surface area is 333 Å². The van der Waals surface area contributed by atoms with E-state index in [9.17, 15) is 24.0 Å². The van der Waals surface area contributed by atoms with E-state index in [1.54, 1.807) is 36.6 Å². The SMILES string of the molecule is NC(=O)c1ccc(-c2cc(-c3ccc(OCCOCCOCCOCCNc4cccc5c4C(=O)N(C4CCC(=O)NC4=O)C5=O)cc3)nc(-c3ccco3)c2)cc1. The van der Waals surface area contributed by atoms with Gasteiger partial charge in [-0.2, -0.15) is 0 Å². The average Bonchev–Trinajstić information content (AvgIpc) is 3.87. The second kappa shape index (κ2) is 18.5. The molecule has 0 spiro atoms. The van der Waals surface area contributed by atoms with Gasteiger partial charge in [0, 0.05) is 29.8 Å². The van der Waals surface area contributed by atoms with Gasteiger partial charge >= 0.3 is 0 Å². The number of aromatic nitrogens is 1. The minimum Gasteiger partial charge on any atom is -0.491 e. The molecule has 1 saturated heterocycles. The lowest BCUT2D eigenvalue weighted by Gasteiger charge is -2.27. The molecule has 5 amide bonds. The third-order valence-corrected chi connectivity index (χ3v) is 9.52. The molecule has 0 radical (unpaired) electrons. The Balaban J connectivity index is 0.781. The Bertz CT molecular complexity index is 2280. The minimum absolute atomic E-state index is 0.0579. The number of carbonyl (C=O) groups excluding carboxylic acids is 5. The number of hydrogen-bond acceptors (Lipinski definition) is 12. The van der Waals surface area contributed by atoms with Gasteiger partial charge in [-0.1, -0.05) is 18.2 Å². The maximum Gasteiger partial charge on any atom is 0.264 e. The number of hydrogen-bond donors (Lipinski definition) is 3. The Hall–Kier alpha value is -6.68. The maximum atomic E-state index is 13.2. The highest BCUT2D eigenvalue weighted by atomic mass is 16.6. The molecule has 1 atom stereocenters. The molecule has 1 fully saturated rings. The van der Waals surface area contributed by atoms with Crippen molar-refractivity contribution in [2.24, 2.45) is 5.73 Å². The van der Waals surface area contributed by atoms with Crippen molar-refractivity contribution in [2.75, 3.05) is 58.1 Å². The average molecular weight is 788 g/mol. The zero-order valence-electron chi connectivity index (χ0n) is 31.4. The molecule has 15 heteroatoms. The second-order valence-electron chi connectivity index (χ2n) is 13.4. The van der Waals surface area contributed by atoms with Gasteiger partial charge in [0.2, 0.25) is 17.7 Å². The molecule has 2 aliphatic rings. The first kappa shape index (κ1) is 39.6. The second-order valence-corrected chi connectivity index (χ2v) is 13.4. The summed E-state index contributed by atoms with van der Waals surface area (Å²) >= 11 is 0. The van der Waals surface area contributed by atoms with Gasteiger partial charge in [0.25, 0.3) is 11.8 Å². The van der Waals surface area contributed by atoms with Crippen LogP contribution in [0.3, 0.4) is 0 Å². The van der Waals surface area contributed by atoms with Crippen molar-refractivity contribution in [1.29, 1.82) is 0 Å². The van der Waals surface area contributed by atoms with Gasteiger partial charge in [-0.25, -0.2) is 4.98 Å². The largest absolute Gasteiger partial charge is 0.491 e. The Morgan fingerprint density at radius 1 is 0.776 bits per heavy atom. The smallest absolute Gasteiger partial charge is 0.264 e. The van der Waals surface area contributed by atoms with Gasteiger partial charge < -0.3 is 34.4 Å². The van der Waals surface area contributed by atoms with Crippen molar-refractivity contribution in [1.82, 2.24) is 15.2 Å². The molecule has 2 aromatic heterocycles. The number of nitrogens with zero attached hydrogens (tertiary/aromatic N) is 2. The summed E-state index contributed by atoms with van der Waals surface area (Å²) in [6.45, 7) is 2.90. The van der Waals surface area contributed by atoms with Gasteiger partial charge in [0.1, 0.15) is 24.1 Å². The van der Waals surface area contributed by atoms with E-state index in [4.69, 9.17) is 34.1 Å². The summed E-state index contributed by atoms with van der Waals surface area (Å²) in [5.41, 5.74) is 10.8. The lowest BCUT2D eigenvalue weighted by Crippen LogP contribution is -2.54. The summed E-state index contributed by atoms with van der Waals surface area (Å²) in [5.74, 6) is -1.36. The predicted molar refractivity (Wildman–Crippen MR) is 211 cm³/mol. The molecule has 3 aromatic carbocycles. The van der Waals surface area contributed by atoms with Gasteiger partial charge in [-0.15, -0.1) is 0 Å². The first-order valence-electron chi connectivity index (χ1n) is 18.8. The zero-order chi connectivity index (χ0) is 40.4. The molecule has 0 saturated carbocycles. The molecule has 4 N–H and O–H groups in total. The van der Waals surface area contributed by atoms with E-state index >= 15 is 0 Å². The van der Waals surface area contributed by atoms with Gasteiger partial charge in [-0.05, 0) is 90.3 Å². The fraction of sp³-hybridized carbons (Fsp3) is 0.256. The number of fused-ring (bicyclic) bond motifs is 1. The molecule has 4 heterocycles. The fourth-order valence-electron chi connectivity index (χ4n) is 6.62. The van der Waals surface area contributed by atoms with Crippen LogP contribution in [0, 0.1) is 0 Å². The molecule has 15 nitrogen and oxygen atoms in total. The van der Waals surface area contributed by atoms with E-state index in [1.807, 2.05) is 60.7 Å². The monoisotopic (exact) mass is 787 g/mol. The number of amides is 5. The van der Waals surface area contributed by atoms with E-state index in [-0.39, 0.29) is 24.0 Å². The molecule has 7 rings (SSSR count). The summed E-state index contributed by atoms with van der Waals surface area (Å²) in [4.78, 5) is 67.5. The lowest BCUT2D eigenvalue weighted by atomic mass is 10.0. The Kier molecular flexibility index (Phi) is 12.6. The minimum atomic E-state index is -1.02. The summed E-state index contributed by atoms with van der Waals surface area (Å²) in [7, 11) is 0. The highest BCUT2D eigenvalue weighted by Gasteiger charge is 2.45. The Morgan fingerprint density at radius 2 is 1.47 bits per heavy atom. The van der Waals surface area contributed by atoms with Crippen molar-refractivity contribution in [3.8, 4) is 39.6 Å². The summed E-state index contributed by atoms with van der Waals surface area (Å²) in [6.07, 6.45) is 1.76. The standard InChI is InChI=1S/C43H41N5O10/c44-40(50)29-8-6-27(7-9-29)30-25-34(46-35(26-30)37-5-2-17-58-37)28-10-12-31(13-11-28)57-24-23-56-22-21-55-20-19-54-18-16-45-33-4-1-3-32-39(33)43(53)48(42(32)52)36-14-15-38(49)47-41(36)51/h1-13,17,25-26,36,45H,14-16,18-24H2,(H2,44,50)(H,47,49,51). The van der Waals surface area contributed by atoms with Crippen LogP contribution in [0.25, 0.3) is 33.8 Å². The van der Waals surface area contributed by atoms with Gasteiger partial charge in [-0.3, -0.25) is 34.2 Å². The van der Waals surface area contributed by atoms with Crippen LogP contribution in [-0.4, -0.2) is 98.3 Å². The third kappa shape index (κ3) is 9.29. The fourth-order valence-corrected chi connectivity index (χ4v) is 6.62. The van der Waals surface area contributed by atoms with Crippen LogP contribution in [0.5, 0.6) is 5.75 Å². The van der Waals surface area contributed by atoms with Crippen molar-refractivity contribution in [3.05, 3.63) is 114 Å². The van der Waals surface area contributed by atoms with E-state index < -0.39 is 35.6 Å². The van der Waals surface area contributed by atoms with E-state index in [1.165, 1.54) is 0 Å². The summed E-state index contributed by atoms with van der Waals surface area (Å²) < 4.78 is 28.4. The molecule has 5 aromatic rings. The van der Waals surface area contributed by atoms with E-state index in [0.717, 1.165) is 27.3 Å². The highest BCUT2D eigenvalue weighted by Crippen LogP contribution is 2.33. The topological polar surface area (TPSA) is 202 Å². The quantitative estimate of drug-likeness (QED) is 0.0770. The van der Waals surface area contributed by atoms with Crippen molar-refractivity contribution in [3.63, 3.8) is 0 Å². The van der Waals surface area contributed by atoms with Crippen LogP contribution >= 0.6 is 0 Å². The van der Waals surface area contributed by atoms with Crippen LogP contribution in [0.2, 0.25) is 0 Å². The summed E-state index contributed by atoms with van der Waals surface area (Å²) in [6, 6.07) is 26.2. The molecule has 58 heavy (non-hydrogen) atoms. The molecule has 2 aliphatic heterocycles. The lowest BCUT2D eigenvalue weighted by molar-refractivity contribution is -0.136. The summed E-state index contributed by atoms with van der Waals surface area (Å²) in [5, 5.41) is 5.34. The van der Waals surface area contributed by atoms with E-state index in [2.05, 4.69) is 10.6 Å². The predicted octanol–water partition coefficient (Wildman–Crippen LogP) is 4.72. The third-order valence-electron chi connectivity index (χ3n) is 9.52. The molecule has 298 valence electrons. The number of imide groups is 2. The number of primary amides is 1. The van der Waals surface area contributed by atoms with Crippen molar-refractivity contribution in [2.45, 2.75) is 18.9 Å². The maximum absolute atomic E-state index is 13.2. The molecule has 0 aliphatic carbocycles. The van der Waals surface area contributed by atoms with Gasteiger partial charge in [0.15, 0.2) is 5.76 Å². The molecular weight excluding hydrogens is 746 g/mol. The number of benzene rings is 3. The van der Waals surface area contributed by atoms with Crippen LogP contribution in [-0.2, 0) is 23.8 Å². The number of carbonyl (C=O) groups is 5. The molecule has 0 bridgehead atoms. The van der Waals surface area contributed by atoms with E-state index in [0.29, 0.717) is 81.2 Å². The van der Waals surface area contributed by atoms with Crippen LogP contribution in [0.1, 0.15) is 43.9 Å². The van der Waals surface area contributed by atoms with Crippen molar-refractivity contribution >= 4 is 35.2 Å². The van der Waals surface area contributed by atoms with Crippen LogP contribution in [0.15, 0.2) is 102 Å². The first-order valence-corrected chi connectivity index (χ1v) is 18.8. The number of anilines is 1. The number of nitrogens with one attached hydrogen (secondary N) is 2. The van der Waals surface area contributed by atoms with Gasteiger partial charge in [0.05, 0.1) is 62.7 Å². The number of nitrogens with two attached hydrogens (primary N) is 1. The Morgan fingerprint density at radius 3 is 2.16 bits per heavy atom. The number of rotatable bonds is 19. The van der Waals surface area contributed by atoms with Crippen LogP contribution in [0.4, 0.5) is 5.69 Å². The normalized spacial score (nSPS) is 15.0. The number of piperidine rings is 1. The zero-order valence-corrected chi connectivity index (χ0v) is 31.4. The first-order chi connectivity index (χ1) is 28.3. The highest BCUT2D eigenvalue weighted by molar-refractivity contribution is 6.25. The van der Waals surface area contributed by atoms with Crippen LogP contribution < -0.4 is 21.1 Å². The number of furan rings is 1. The number of ether oxygens (including phenoxy) is 4.